The second kappa shape index (κ2) is 8.85. The molecule has 0 aliphatic carbocycles. The number of benzene rings is 2. The van der Waals surface area contributed by atoms with E-state index in [1.165, 1.54) is 24.1 Å². The van der Waals surface area contributed by atoms with Gasteiger partial charge in [0.1, 0.15) is 5.82 Å². The van der Waals surface area contributed by atoms with Crippen LogP contribution in [0.5, 0.6) is 0 Å². The third-order valence-corrected chi connectivity index (χ3v) is 5.86. The van der Waals surface area contributed by atoms with E-state index in [4.69, 9.17) is 0 Å². The number of hydrogen-bond donors (Lipinski definition) is 1. The van der Waals surface area contributed by atoms with Gasteiger partial charge in [-0.2, -0.15) is 26.3 Å². The highest BCUT2D eigenvalue weighted by molar-refractivity contribution is 5.92. The van der Waals surface area contributed by atoms with Crippen LogP contribution in [0.15, 0.2) is 36.4 Å². The molecular weight excluding hydrogens is 455 g/mol. The lowest BCUT2D eigenvalue weighted by molar-refractivity contribution is -0.143. The van der Waals surface area contributed by atoms with Gasteiger partial charge in [-0.15, -0.1) is 0 Å². The predicted octanol–water partition coefficient (Wildman–Crippen LogP) is 5.42. The topological polar surface area (TPSA) is 35.6 Å². The molecule has 0 saturated carbocycles. The van der Waals surface area contributed by atoms with E-state index in [-0.39, 0.29) is 12.0 Å². The maximum absolute atomic E-state index is 13.5. The molecule has 2 aromatic rings. The molecule has 0 aromatic heterocycles. The summed E-state index contributed by atoms with van der Waals surface area (Å²) in [6, 6.07) is 4.08. The van der Waals surface area contributed by atoms with Gasteiger partial charge in [-0.1, -0.05) is 6.07 Å². The molecule has 0 bridgehead atoms. The first-order valence-electron chi connectivity index (χ1n) is 9.97. The molecule has 3 rings (SSSR count). The van der Waals surface area contributed by atoms with Crippen LogP contribution in [-0.2, 0) is 12.4 Å². The minimum absolute atomic E-state index is 0.0137. The maximum atomic E-state index is 13.5. The molecule has 2 amide bonds. The average Bonchev–Trinajstić information content (AvgIpc) is 3.20. The normalized spacial score (nSPS) is 19.0. The minimum atomic E-state index is -5.02. The Balaban J connectivity index is 1.91. The van der Waals surface area contributed by atoms with Crippen LogP contribution in [0, 0.1) is 12.7 Å². The number of halogens is 7. The smallest absolute Gasteiger partial charge is 0.322 e. The first kappa shape index (κ1) is 24.8. The van der Waals surface area contributed by atoms with Crippen molar-refractivity contribution >= 4 is 11.7 Å². The SMILES string of the molecule is Cc1cc(F)ccc1[C@@H]1CNC[C@H]1N(C)C(=O)N(C)c1cc(C(F)(F)F)cc(C(F)(F)F)c1. The Kier molecular flexibility index (Phi) is 6.65. The van der Waals surface area contributed by atoms with Gasteiger partial charge in [0.05, 0.1) is 17.2 Å². The Bertz CT molecular complexity index is 1000. The number of rotatable bonds is 3. The third kappa shape index (κ3) is 5.23. The van der Waals surface area contributed by atoms with Crippen molar-refractivity contribution in [1.82, 2.24) is 10.2 Å². The first-order valence-corrected chi connectivity index (χ1v) is 9.97. The summed E-state index contributed by atoms with van der Waals surface area (Å²) in [6.07, 6.45) is -10.0. The number of carbonyl (C=O) groups excluding carboxylic acids is 1. The molecule has 2 aromatic carbocycles. The number of aryl methyl sites for hydroxylation is 1. The van der Waals surface area contributed by atoms with Crippen molar-refractivity contribution in [2.75, 3.05) is 32.1 Å². The van der Waals surface area contributed by atoms with E-state index in [2.05, 4.69) is 5.32 Å². The Labute approximate surface area is 186 Å². The standard InChI is InChI=1S/C22H22F7N3O/c1-12-6-15(23)4-5-17(12)18-10-30-11-19(18)32(3)20(33)31(2)16-8-13(21(24,25)26)7-14(9-16)22(27,28)29/h4-9,18-19,30H,10-11H2,1-3H3/t18-,19+/m0/s1. The highest BCUT2D eigenvalue weighted by Gasteiger charge is 2.39. The van der Waals surface area contributed by atoms with Crippen molar-refractivity contribution in [2.45, 2.75) is 31.2 Å². The van der Waals surface area contributed by atoms with Gasteiger partial charge in [0, 0.05) is 38.8 Å². The summed E-state index contributed by atoms with van der Waals surface area (Å²) in [4.78, 5) is 15.1. The van der Waals surface area contributed by atoms with E-state index in [0.29, 0.717) is 30.8 Å². The van der Waals surface area contributed by atoms with E-state index >= 15 is 0 Å². The second-order valence-electron chi connectivity index (χ2n) is 8.05. The molecule has 1 aliphatic heterocycles. The Morgan fingerprint density at radius 2 is 1.52 bits per heavy atom. The fourth-order valence-electron chi connectivity index (χ4n) is 4.07. The Morgan fingerprint density at radius 1 is 0.939 bits per heavy atom. The van der Waals surface area contributed by atoms with Crippen molar-refractivity contribution in [1.29, 1.82) is 0 Å². The minimum Gasteiger partial charge on any atom is -0.322 e. The van der Waals surface area contributed by atoms with Crippen LogP contribution >= 0.6 is 0 Å². The fraction of sp³-hybridized carbons (Fsp3) is 0.409. The summed E-state index contributed by atoms with van der Waals surface area (Å²) in [5.74, 6) is -0.645. The number of nitrogens with one attached hydrogen (secondary N) is 1. The molecular formula is C22H22F7N3O. The van der Waals surface area contributed by atoms with Gasteiger partial charge in [-0.05, 0) is 48.4 Å². The molecule has 33 heavy (non-hydrogen) atoms. The number of likely N-dealkylation sites (N-methyl/N-ethyl adjacent to an activating group) is 1. The molecule has 0 radical (unpaired) electrons. The van der Waals surface area contributed by atoms with Gasteiger partial charge < -0.3 is 10.2 Å². The van der Waals surface area contributed by atoms with Crippen LogP contribution in [0.25, 0.3) is 0 Å². The summed E-state index contributed by atoms with van der Waals surface area (Å²) >= 11 is 0. The van der Waals surface area contributed by atoms with Gasteiger partial charge in [-0.25, -0.2) is 9.18 Å². The highest BCUT2D eigenvalue weighted by Crippen LogP contribution is 2.38. The van der Waals surface area contributed by atoms with Crippen LogP contribution in [0.1, 0.15) is 28.2 Å². The Morgan fingerprint density at radius 3 is 2.03 bits per heavy atom. The lowest BCUT2D eigenvalue weighted by atomic mass is 9.90. The van der Waals surface area contributed by atoms with Crippen molar-refractivity contribution in [3.05, 3.63) is 64.5 Å². The zero-order valence-corrected chi connectivity index (χ0v) is 18.0. The monoisotopic (exact) mass is 477 g/mol. The largest absolute Gasteiger partial charge is 0.416 e. The number of nitrogens with zero attached hydrogens (tertiary/aromatic N) is 2. The molecule has 0 unspecified atom stereocenters. The average molecular weight is 477 g/mol. The summed E-state index contributed by atoms with van der Waals surface area (Å²) in [6.45, 7) is 2.55. The molecule has 2 atom stereocenters. The van der Waals surface area contributed by atoms with Crippen molar-refractivity contribution < 1.29 is 35.5 Å². The molecule has 0 spiro atoms. The number of hydrogen-bond acceptors (Lipinski definition) is 2. The first-order chi connectivity index (χ1) is 15.2. The molecule has 1 N–H and O–H groups in total. The van der Waals surface area contributed by atoms with Crippen LogP contribution in [0.3, 0.4) is 0 Å². The molecule has 1 saturated heterocycles. The van der Waals surface area contributed by atoms with Gasteiger partial charge >= 0.3 is 18.4 Å². The molecule has 1 aliphatic rings. The van der Waals surface area contributed by atoms with Crippen LogP contribution in [0.4, 0.5) is 41.2 Å². The number of alkyl halides is 6. The highest BCUT2D eigenvalue weighted by atomic mass is 19.4. The summed E-state index contributed by atoms with van der Waals surface area (Å²) in [7, 11) is 2.55. The van der Waals surface area contributed by atoms with Crippen LogP contribution in [-0.4, -0.2) is 44.2 Å². The maximum Gasteiger partial charge on any atom is 0.416 e. The van der Waals surface area contributed by atoms with Crippen molar-refractivity contribution in [2.24, 2.45) is 0 Å². The van der Waals surface area contributed by atoms with E-state index in [0.717, 1.165) is 17.5 Å². The molecule has 4 nitrogen and oxygen atoms in total. The number of carbonyl (C=O) groups is 1. The van der Waals surface area contributed by atoms with Crippen molar-refractivity contribution in [3.8, 4) is 0 Å². The van der Waals surface area contributed by atoms with Gasteiger partial charge in [-0.3, -0.25) is 4.90 Å². The van der Waals surface area contributed by atoms with E-state index in [1.807, 2.05) is 0 Å². The Hall–Kier alpha value is -2.82. The number of anilines is 1. The van der Waals surface area contributed by atoms with E-state index < -0.39 is 47.1 Å². The van der Waals surface area contributed by atoms with Gasteiger partial charge in [0.15, 0.2) is 0 Å². The van der Waals surface area contributed by atoms with Gasteiger partial charge in [0.2, 0.25) is 0 Å². The van der Waals surface area contributed by atoms with E-state index in [9.17, 15) is 35.5 Å². The fourth-order valence-corrected chi connectivity index (χ4v) is 4.07. The number of amides is 2. The summed E-state index contributed by atoms with van der Waals surface area (Å²) < 4.78 is 92.7. The zero-order chi connectivity index (χ0) is 24.7. The quantitative estimate of drug-likeness (QED) is 0.600. The molecule has 1 fully saturated rings. The second-order valence-corrected chi connectivity index (χ2v) is 8.05. The number of urea groups is 1. The van der Waals surface area contributed by atoms with Gasteiger partial charge in [0.25, 0.3) is 0 Å². The molecule has 1 heterocycles. The molecule has 180 valence electrons. The summed E-state index contributed by atoms with van der Waals surface area (Å²) in [5.41, 5.74) is -2.06. The van der Waals surface area contributed by atoms with Crippen molar-refractivity contribution in [3.63, 3.8) is 0 Å². The summed E-state index contributed by atoms with van der Waals surface area (Å²) in [5, 5.41) is 3.13. The van der Waals surface area contributed by atoms with E-state index in [1.54, 1.807) is 13.0 Å². The lowest BCUT2D eigenvalue weighted by Crippen LogP contribution is -2.47. The predicted molar refractivity (Wildman–Crippen MR) is 109 cm³/mol. The lowest BCUT2D eigenvalue weighted by Gasteiger charge is -2.33. The van der Waals surface area contributed by atoms with Crippen LogP contribution in [0.2, 0.25) is 0 Å². The third-order valence-electron chi connectivity index (χ3n) is 5.86. The zero-order valence-electron chi connectivity index (χ0n) is 18.0. The van der Waals surface area contributed by atoms with Crippen LogP contribution < -0.4 is 10.2 Å². The molecule has 11 heteroatoms.